The van der Waals surface area contributed by atoms with E-state index in [0.29, 0.717) is 38.5 Å². The summed E-state index contributed by atoms with van der Waals surface area (Å²) in [5, 5.41) is 1.01. The van der Waals surface area contributed by atoms with Gasteiger partial charge in [0.25, 0.3) is 0 Å². The quantitative estimate of drug-likeness (QED) is 0.586. The van der Waals surface area contributed by atoms with Gasteiger partial charge < -0.3 is 16.0 Å². The molecule has 27 heavy (non-hydrogen) atoms. The third-order valence-corrected chi connectivity index (χ3v) is 4.65. The summed E-state index contributed by atoms with van der Waals surface area (Å²) in [4.78, 5) is 23.7. The summed E-state index contributed by atoms with van der Waals surface area (Å²) >= 11 is 0. The van der Waals surface area contributed by atoms with E-state index >= 15 is 0 Å². The fraction of sp³-hybridized carbons (Fsp3) is 0.0476. The smallest absolute Gasteiger partial charge is 0.249 e. The Morgan fingerprint density at radius 1 is 0.963 bits per heavy atom. The van der Waals surface area contributed by atoms with E-state index in [2.05, 4.69) is 6.07 Å². The van der Waals surface area contributed by atoms with Crippen molar-refractivity contribution in [2.24, 2.45) is 11.5 Å². The number of halogens is 1. The summed E-state index contributed by atoms with van der Waals surface area (Å²) < 4.78 is 16.4. The number of amides is 2. The van der Waals surface area contributed by atoms with Crippen LogP contribution in [0.1, 0.15) is 26.3 Å². The molecular formula is C21H15FN3O2. The van der Waals surface area contributed by atoms with Crippen molar-refractivity contribution in [1.82, 2.24) is 4.57 Å². The number of primary amides is 2. The van der Waals surface area contributed by atoms with Gasteiger partial charge in [-0.05, 0) is 35.9 Å². The van der Waals surface area contributed by atoms with Gasteiger partial charge in [-0.1, -0.05) is 30.3 Å². The van der Waals surface area contributed by atoms with E-state index in [1.807, 2.05) is 0 Å². The summed E-state index contributed by atoms with van der Waals surface area (Å²) in [6, 6.07) is 17.8. The van der Waals surface area contributed by atoms with E-state index in [4.69, 9.17) is 11.5 Å². The van der Waals surface area contributed by atoms with Gasteiger partial charge in [-0.15, -0.1) is 0 Å². The summed E-state index contributed by atoms with van der Waals surface area (Å²) in [5.41, 5.74) is 13.2. The van der Waals surface area contributed by atoms with Crippen LogP contribution in [0.15, 0.2) is 54.6 Å². The Bertz CT molecular complexity index is 1230. The van der Waals surface area contributed by atoms with Gasteiger partial charge in [-0.25, -0.2) is 4.39 Å². The van der Waals surface area contributed by atoms with Crippen LogP contribution in [-0.4, -0.2) is 16.4 Å². The molecule has 5 nitrogen and oxygen atoms in total. The number of nitrogens with zero attached hydrogens (tertiary/aromatic N) is 1. The molecule has 0 saturated carbocycles. The molecule has 1 radical (unpaired) electrons. The van der Waals surface area contributed by atoms with Gasteiger partial charge in [0.15, 0.2) is 0 Å². The summed E-state index contributed by atoms with van der Waals surface area (Å²) in [5.74, 6) is -1.61. The first kappa shape index (κ1) is 16.8. The highest BCUT2D eigenvalue weighted by atomic mass is 19.1. The lowest BCUT2D eigenvalue weighted by molar-refractivity contribution is 0.0992. The van der Waals surface area contributed by atoms with Crippen molar-refractivity contribution in [2.45, 2.75) is 6.54 Å². The van der Waals surface area contributed by atoms with E-state index < -0.39 is 17.6 Å². The van der Waals surface area contributed by atoms with Crippen LogP contribution >= 0.6 is 0 Å². The third-order valence-electron chi connectivity index (χ3n) is 4.65. The van der Waals surface area contributed by atoms with Crippen molar-refractivity contribution in [3.63, 3.8) is 0 Å². The summed E-state index contributed by atoms with van der Waals surface area (Å²) in [6.45, 7) is 0.204. The van der Waals surface area contributed by atoms with Gasteiger partial charge in [0.05, 0.1) is 11.0 Å². The molecular weight excluding hydrogens is 345 g/mol. The predicted molar refractivity (Wildman–Crippen MR) is 101 cm³/mol. The minimum absolute atomic E-state index is 0.204. The van der Waals surface area contributed by atoms with Gasteiger partial charge >= 0.3 is 0 Å². The van der Waals surface area contributed by atoms with Crippen molar-refractivity contribution >= 4 is 33.6 Å². The zero-order valence-corrected chi connectivity index (χ0v) is 14.2. The normalized spacial score (nSPS) is 11.1. The molecule has 1 heterocycles. The second-order valence-corrected chi connectivity index (χ2v) is 6.22. The maximum absolute atomic E-state index is 14.7. The molecule has 0 fully saturated rings. The van der Waals surface area contributed by atoms with Crippen molar-refractivity contribution in [3.05, 3.63) is 83.2 Å². The van der Waals surface area contributed by atoms with Crippen LogP contribution in [0.5, 0.6) is 0 Å². The van der Waals surface area contributed by atoms with Crippen molar-refractivity contribution in [2.75, 3.05) is 0 Å². The van der Waals surface area contributed by atoms with Gasteiger partial charge in [0, 0.05) is 28.4 Å². The number of carbonyl (C=O) groups excluding carboxylic acids is 2. The molecule has 133 valence electrons. The lowest BCUT2D eigenvalue weighted by Crippen LogP contribution is -2.15. The van der Waals surface area contributed by atoms with E-state index in [9.17, 15) is 14.0 Å². The Labute approximate surface area is 154 Å². The number of aromatic nitrogens is 1. The van der Waals surface area contributed by atoms with Crippen LogP contribution in [0.4, 0.5) is 4.39 Å². The first-order chi connectivity index (χ1) is 13.0. The fourth-order valence-corrected chi connectivity index (χ4v) is 3.51. The molecule has 0 saturated heterocycles. The topological polar surface area (TPSA) is 91.1 Å². The molecule has 0 unspecified atom stereocenters. The van der Waals surface area contributed by atoms with Gasteiger partial charge in [-0.2, -0.15) is 0 Å². The number of hydrogen-bond donors (Lipinski definition) is 2. The highest BCUT2D eigenvalue weighted by molar-refractivity contribution is 6.17. The Balaban J connectivity index is 2.07. The largest absolute Gasteiger partial charge is 0.366 e. The monoisotopic (exact) mass is 360 g/mol. The van der Waals surface area contributed by atoms with Crippen molar-refractivity contribution < 1.29 is 14.0 Å². The number of hydrogen-bond acceptors (Lipinski definition) is 2. The average Bonchev–Trinajstić information content (AvgIpc) is 2.97. The fourth-order valence-electron chi connectivity index (χ4n) is 3.51. The van der Waals surface area contributed by atoms with Crippen LogP contribution in [0.2, 0.25) is 0 Å². The Morgan fingerprint density at radius 2 is 1.67 bits per heavy atom. The van der Waals surface area contributed by atoms with Gasteiger partial charge in [-0.3, -0.25) is 9.59 Å². The molecule has 4 aromatic rings. The number of benzene rings is 3. The van der Waals surface area contributed by atoms with Crippen LogP contribution in [-0.2, 0) is 6.54 Å². The second kappa shape index (κ2) is 6.25. The van der Waals surface area contributed by atoms with Crippen molar-refractivity contribution in [1.29, 1.82) is 0 Å². The zero-order chi connectivity index (χ0) is 19.1. The standard InChI is InChI=1S/C21H15FN3O2/c22-16-9-3-7-14-18-15(21(24)27)8-4-10-17(18)25(19(14)16)11-12-5-1-2-6-13(12)20(23)26/h1-6,8-10H,11H2,(H2,23,26)(H2,24,27). The molecule has 0 spiro atoms. The highest BCUT2D eigenvalue weighted by Gasteiger charge is 2.20. The molecule has 0 atom stereocenters. The molecule has 6 heteroatoms. The summed E-state index contributed by atoms with van der Waals surface area (Å²) in [7, 11) is 0. The Morgan fingerprint density at radius 3 is 2.41 bits per heavy atom. The van der Waals surface area contributed by atoms with Crippen molar-refractivity contribution in [3.8, 4) is 0 Å². The molecule has 3 aromatic carbocycles. The van der Waals surface area contributed by atoms with E-state index in [1.54, 1.807) is 47.0 Å². The number of nitrogens with two attached hydrogens (primary N) is 2. The molecule has 0 aliphatic rings. The highest BCUT2D eigenvalue weighted by Crippen LogP contribution is 2.33. The first-order valence-corrected chi connectivity index (χ1v) is 8.27. The SMILES string of the molecule is NC(=O)c1ccccc1Cn1c2cccc(C(N)=O)c2c2[c]ccc(F)c21. The molecule has 2 amide bonds. The third kappa shape index (κ3) is 2.62. The lowest BCUT2D eigenvalue weighted by atomic mass is 10.1. The average molecular weight is 360 g/mol. The Kier molecular flexibility index (Phi) is 3.88. The van der Waals surface area contributed by atoms with Crippen LogP contribution < -0.4 is 11.5 Å². The molecule has 4 rings (SSSR count). The number of carbonyl (C=O) groups is 2. The molecule has 4 N–H and O–H groups in total. The minimum Gasteiger partial charge on any atom is -0.366 e. The number of rotatable bonds is 4. The van der Waals surface area contributed by atoms with Crippen LogP contribution in [0, 0.1) is 11.9 Å². The first-order valence-electron chi connectivity index (χ1n) is 8.27. The van der Waals surface area contributed by atoms with Crippen LogP contribution in [0.3, 0.4) is 0 Å². The van der Waals surface area contributed by atoms with Gasteiger partial charge in [0.2, 0.25) is 11.8 Å². The lowest BCUT2D eigenvalue weighted by Gasteiger charge is -2.11. The number of fused-ring (bicyclic) bond motifs is 3. The maximum atomic E-state index is 14.7. The summed E-state index contributed by atoms with van der Waals surface area (Å²) in [6.07, 6.45) is 0. The molecule has 0 bridgehead atoms. The Hall–Kier alpha value is -3.67. The molecule has 0 aliphatic heterocycles. The maximum Gasteiger partial charge on any atom is 0.249 e. The van der Waals surface area contributed by atoms with Crippen LogP contribution in [0.25, 0.3) is 21.8 Å². The zero-order valence-electron chi connectivity index (χ0n) is 14.2. The van der Waals surface area contributed by atoms with E-state index in [1.165, 1.54) is 12.1 Å². The molecule has 0 aliphatic carbocycles. The van der Waals surface area contributed by atoms with Gasteiger partial charge in [0.1, 0.15) is 5.82 Å². The predicted octanol–water partition coefficient (Wildman–Crippen LogP) is 2.98. The molecule has 1 aromatic heterocycles. The van der Waals surface area contributed by atoms with E-state index in [-0.39, 0.29) is 6.54 Å². The van der Waals surface area contributed by atoms with E-state index in [0.717, 1.165) is 0 Å². The minimum atomic E-state index is -0.602. The second-order valence-electron chi connectivity index (χ2n) is 6.22.